The van der Waals surface area contributed by atoms with Gasteiger partial charge in [-0.15, -0.1) is 0 Å². The van der Waals surface area contributed by atoms with Crippen molar-refractivity contribution in [3.63, 3.8) is 0 Å². The molecule has 2 rings (SSSR count). The fourth-order valence-electron chi connectivity index (χ4n) is 1.94. The van der Waals surface area contributed by atoms with Crippen LogP contribution in [-0.2, 0) is 13.2 Å². The molecule has 112 valence electrons. The van der Waals surface area contributed by atoms with E-state index in [1.807, 2.05) is 49.5 Å². The summed E-state index contributed by atoms with van der Waals surface area (Å²) in [5.41, 5.74) is 1.92. The highest BCUT2D eigenvalue weighted by Gasteiger charge is 2.05. The van der Waals surface area contributed by atoms with Crippen molar-refractivity contribution < 1.29 is 9.47 Å². The number of hydrogen-bond acceptors (Lipinski definition) is 4. The SMILES string of the molecule is CCCOc1ccccc1OCc1cccc(CNC)n1. The van der Waals surface area contributed by atoms with Gasteiger partial charge in [0.1, 0.15) is 6.61 Å². The fourth-order valence-corrected chi connectivity index (χ4v) is 1.94. The number of benzene rings is 1. The van der Waals surface area contributed by atoms with E-state index in [1.165, 1.54) is 0 Å². The summed E-state index contributed by atoms with van der Waals surface area (Å²) in [5, 5.41) is 3.09. The summed E-state index contributed by atoms with van der Waals surface area (Å²) in [4.78, 5) is 4.54. The lowest BCUT2D eigenvalue weighted by Crippen LogP contribution is -2.09. The molecule has 0 amide bonds. The van der Waals surface area contributed by atoms with Gasteiger partial charge in [-0.25, -0.2) is 0 Å². The van der Waals surface area contributed by atoms with Crippen molar-refractivity contribution in [3.05, 3.63) is 53.9 Å². The zero-order valence-corrected chi connectivity index (χ0v) is 12.6. The molecule has 1 heterocycles. The van der Waals surface area contributed by atoms with E-state index in [-0.39, 0.29) is 0 Å². The predicted octanol–water partition coefficient (Wildman–Crippen LogP) is 3.17. The van der Waals surface area contributed by atoms with Gasteiger partial charge in [-0.1, -0.05) is 25.1 Å². The number of nitrogens with one attached hydrogen (secondary N) is 1. The monoisotopic (exact) mass is 286 g/mol. The molecule has 21 heavy (non-hydrogen) atoms. The van der Waals surface area contributed by atoms with Gasteiger partial charge >= 0.3 is 0 Å². The van der Waals surface area contributed by atoms with Crippen molar-refractivity contribution in [1.29, 1.82) is 0 Å². The van der Waals surface area contributed by atoms with Gasteiger partial charge < -0.3 is 14.8 Å². The lowest BCUT2D eigenvalue weighted by atomic mass is 10.3. The Bertz CT molecular complexity index is 558. The molecule has 4 heteroatoms. The van der Waals surface area contributed by atoms with Crippen molar-refractivity contribution in [1.82, 2.24) is 10.3 Å². The fraction of sp³-hybridized carbons (Fsp3) is 0.353. The second-order valence-corrected chi connectivity index (χ2v) is 4.73. The molecule has 0 saturated carbocycles. The number of ether oxygens (including phenoxy) is 2. The maximum Gasteiger partial charge on any atom is 0.161 e. The minimum absolute atomic E-state index is 0.435. The highest BCUT2D eigenvalue weighted by molar-refractivity contribution is 5.39. The average molecular weight is 286 g/mol. The summed E-state index contributed by atoms with van der Waals surface area (Å²) in [6.07, 6.45) is 0.974. The van der Waals surface area contributed by atoms with Gasteiger partial charge in [0.15, 0.2) is 11.5 Å². The molecule has 0 fully saturated rings. The molecule has 0 spiro atoms. The van der Waals surface area contributed by atoms with Crippen LogP contribution in [0.3, 0.4) is 0 Å². The van der Waals surface area contributed by atoms with Gasteiger partial charge in [0, 0.05) is 6.54 Å². The van der Waals surface area contributed by atoms with Crippen LogP contribution in [0.5, 0.6) is 11.5 Å². The summed E-state index contributed by atoms with van der Waals surface area (Å²) in [7, 11) is 1.91. The molecular formula is C17H22N2O2. The van der Waals surface area contributed by atoms with Gasteiger partial charge in [-0.3, -0.25) is 4.98 Å². The summed E-state index contributed by atoms with van der Waals surface area (Å²) < 4.78 is 11.5. The van der Waals surface area contributed by atoms with Crippen molar-refractivity contribution in [3.8, 4) is 11.5 Å². The predicted molar refractivity (Wildman–Crippen MR) is 83.6 cm³/mol. The molecule has 0 atom stereocenters. The standard InChI is InChI=1S/C17H22N2O2/c1-3-11-20-16-9-4-5-10-17(16)21-13-15-8-6-7-14(19-15)12-18-2/h4-10,18H,3,11-13H2,1-2H3. The molecule has 0 aliphatic carbocycles. The first-order valence-electron chi connectivity index (χ1n) is 7.27. The van der Waals surface area contributed by atoms with Gasteiger partial charge in [-0.05, 0) is 37.7 Å². The molecule has 2 aromatic rings. The van der Waals surface area contributed by atoms with E-state index in [1.54, 1.807) is 0 Å². The van der Waals surface area contributed by atoms with Crippen LogP contribution in [0, 0.1) is 0 Å². The van der Waals surface area contributed by atoms with Crippen molar-refractivity contribution in [2.45, 2.75) is 26.5 Å². The second kappa shape index (κ2) is 8.27. The average Bonchev–Trinajstić information content (AvgIpc) is 2.52. The van der Waals surface area contributed by atoms with Crippen LogP contribution >= 0.6 is 0 Å². The van der Waals surface area contributed by atoms with Gasteiger partial charge in [0.2, 0.25) is 0 Å². The second-order valence-electron chi connectivity index (χ2n) is 4.73. The van der Waals surface area contributed by atoms with Crippen LogP contribution in [0.25, 0.3) is 0 Å². The van der Waals surface area contributed by atoms with Crippen LogP contribution in [0.15, 0.2) is 42.5 Å². The Hall–Kier alpha value is -2.07. The van der Waals surface area contributed by atoms with E-state index in [0.717, 1.165) is 35.9 Å². The smallest absolute Gasteiger partial charge is 0.161 e. The Morgan fingerprint density at radius 1 is 0.952 bits per heavy atom. The highest BCUT2D eigenvalue weighted by Crippen LogP contribution is 2.27. The molecular weight excluding hydrogens is 264 g/mol. The van der Waals surface area contributed by atoms with Crippen molar-refractivity contribution >= 4 is 0 Å². The van der Waals surface area contributed by atoms with E-state index in [2.05, 4.69) is 17.2 Å². The third-order valence-electron chi connectivity index (χ3n) is 2.91. The van der Waals surface area contributed by atoms with Crippen LogP contribution in [0.1, 0.15) is 24.7 Å². The highest BCUT2D eigenvalue weighted by atomic mass is 16.5. The molecule has 1 N–H and O–H groups in total. The van der Waals surface area contributed by atoms with Gasteiger partial charge in [0.05, 0.1) is 18.0 Å². The minimum atomic E-state index is 0.435. The summed E-state index contributed by atoms with van der Waals surface area (Å²) >= 11 is 0. The Morgan fingerprint density at radius 3 is 2.38 bits per heavy atom. The van der Waals surface area contributed by atoms with E-state index in [9.17, 15) is 0 Å². The number of rotatable bonds is 8. The van der Waals surface area contributed by atoms with E-state index in [4.69, 9.17) is 9.47 Å². The molecule has 4 nitrogen and oxygen atoms in total. The first kappa shape index (κ1) is 15.3. The van der Waals surface area contributed by atoms with Gasteiger partial charge in [-0.2, -0.15) is 0 Å². The van der Waals surface area contributed by atoms with E-state index >= 15 is 0 Å². The number of nitrogens with zero attached hydrogens (tertiary/aromatic N) is 1. The van der Waals surface area contributed by atoms with Crippen molar-refractivity contribution in [2.24, 2.45) is 0 Å². The lowest BCUT2D eigenvalue weighted by Gasteiger charge is -2.12. The maximum absolute atomic E-state index is 5.85. The molecule has 0 aliphatic heterocycles. The number of aromatic nitrogens is 1. The zero-order chi connectivity index (χ0) is 14.9. The van der Waals surface area contributed by atoms with E-state index < -0.39 is 0 Å². The minimum Gasteiger partial charge on any atom is -0.490 e. The lowest BCUT2D eigenvalue weighted by molar-refractivity contribution is 0.259. The third-order valence-corrected chi connectivity index (χ3v) is 2.91. The maximum atomic E-state index is 5.85. The van der Waals surface area contributed by atoms with Crippen molar-refractivity contribution in [2.75, 3.05) is 13.7 Å². The summed E-state index contributed by atoms with van der Waals surface area (Å²) in [5.74, 6) is 1.54. The normalized spacial score (nSPS) is 10.4. The van der Waals surface area contributed by atoms with Crippen LogP contribution < -0.4 is 14.8 Å². The Morgan fingerprint density at radius 2 is 1.67 bits per heavy atom. The Kier molecular flexibility index (Phi) is 6.03. The Labute approximate surface area is 126 Å². The first-order valence-corrected chi connectivity index (χ1v) is 7.27. The van der Waals surface area contributed by atoms with Crippen LogP contribution in [0.4, 0.5) is 0 Å². The largest absolute Gasteiger partial charge is 0.490 e. The Balaban J connectivity index is 2.00. The molecule has 0 aliphatic rings. The zero-order valence-electron chi connectivity index (χ0n) is 12.6. The van der Waals surface area contributed by atoms with E-state index in [0.29, 0.717) is 13.2 Å². The molecule has 1 aromatic heterocycles. The third kappa shape index (κ3) is 4.76. The molecule has 0 radical (unpaired) electrons. The number of para-hydroxylation sites is 2. The van der Waals surface area contributed by atoms with Crippen LogP contribution in [-0.4, -0.2) is 18.6 Å². The molecule has 1 aromatic carbocycles. The van der Waals surface area contributed by atoms with Crippen LogP contribution in [0.2, 0.25) is 0 Å². The molecule has 0 bridgehead atoms. The number of pyridine rings is 1. The summed E-state index contributed by atoms with van der Waals surface area (Å²) in [6, 6.07) is 13.7. The quantitative estimate of drug-likeness (QED) is 0.809. The number of hydrogen-bond donors (Lipinski definition) is 1. The first-order chi connectivity index (χ1) is 10.3. The molecule has 0 saturated heterocycles. The topological polar surface area (TPSA) is 43.4 Å². The summed E-state index contributed by atoms with van der Waals surface area (Å²) in [6.45, 7) is 3.96. The van der Waals surface area contributed by atoms with Gasteiger partial charge in [0.25, 0.3) is 0 Å². The molecule has 0 unspecified atom stereocenters.